The molecule has 0 aromatic heterocycles. The van der Waals surface area contributed by atoms with Crippen molar-refractivity contribution in [3.63, 3.8) is 0 Å². The average molecular weight is 351 g/mol. The van der Waals surface area contributed by atoms with Crippen LogP contribution in [0, 0.1) is 11.6 Å². The van der Waals surface area contributed by atoms with Crippen LogP contribution < -0.4 is 14.4 Å². The SMILES string of the molecule is COc1ccc(N2C(=O)CSC2c2cc(F)cc(F)c2)c(OC)c1. The lowest BCUT2D eigenvalue weighted by atomic mass is 10.1. The normalized spacial score (nSPS) is 17.2. The first kappa shape index (κ1) is 16.6. The first-order valence-electron chi connectivity index (χ1n) is 7.15. The van der Waals surface area contributed by atoms with Crippen molar-refractivity contribution in [1.82, 2.24) is 0 Å². The van der Waals surface area contributed by atoms with E-state index in [2.05, 4.69) is 0 Å². The number of anilines is 1. The van der Waals surface area contributed by atoms with E-state index in [9.17, 15) is 13.6 Å². The van der Waals surface area contributed by atoms with E-state index >= 15 is 0 Å². The number of ether oxygens (including phenoxy) is 2. The molecule has 1 saturated heterocycles. The predicted molar refractivity (Wildman–Crippen MR) is 88.6 cm³/mol. The molecule has 4 nitrogen and oxygen atoms in total. The monoisotopic (exact) mass is 351 g/mol. The van der Waals surface area contributed by atoms with Gasteiger partial charge in [0.05, 0.1) is 25.7 Å². The number of methoxy groups -OCH3 is 2. The Labute approximate surface area is 142 Å². The van der Waals surface area contributed by atoms with E-state index < -0.39 is 17.0 Å². The fourth-order valence-corrected chi connectivity index (χ4v) is 3.78. The van der Waals surface area contributed by atoms with Crippen LogP contribution in [0.2, 0.25) is 0 Å². The number of nitrogens with zero attached hydrogens (tertiary/aromatic N) is 1. The van der Waals surface area contributed by atoms with E-state index in [4.69, 9.17) is 9.47 Å². The molecular formula is C17H15F2NO3S. The van der Waals surface area contributed by atoms with Crippen molar-refractivity contribution in [3.05, 3.63) is 53.6 Å². The van der Waals surface area contributed by atoms with Crippen LogP contribution in [0.1, 0.15) is 10.9 Å². The molecule has 0 saturated carbocycles. The second kappa shape index (κ2) is 6.68. The Kier molecular flexibility index (Phi) is 4.62. The third-order valence-electron chi connectivity index (χ3n) is 3.68. The van der Waals surface area contributed by atoms with Gasteiger partial charge in [-0.25, -0.2) is 8.78 Å². The zero-order valence-electron chi connectivity index (χ0n) is 13.1. The minimum atomic E-state index is -0.674. The van der Waals surface area contributed by atoms with E-state index in [0.29, 0.717) is 22.7 Å². The number of thioether (sulfide) groups is 1. The molecule has 0 aliphatic carbocycles. The number of hydrogen-bond acceptors (Lipinski definition) is 4. The van der Waals surface area contributed by atoms with Crippen LogP contribution in [0.15, 0.2) is 36.4 Å². The number of amides is 1. The molecule has 1 aliphatic rings. The Hall–Kier alpha value is -2.28. The van der Waals surface area contributed by atoms with Crippen LogP contribution in [-0.2, 0) is 4.79 Å². The summed E-state index contributed by atoms with van der Waals surface area (Å²) >= 11 is 1.31. The van der Waals surface area contributed by atoms with Gasteiger partial charge in [0.2, 0.25) is 5.91 Å². The maximum Gasteiger partial charge on any atom is 0.238 e. The second-order valence-corrected chi connectivity index (χ2v) is 6.24. The summed E-state index contributed by atoms with van der Waals surface area (Å²) in [5.74, 6) is -0.246. The van der Waals surface area contributed by atoms with E-state index in [0.717, 1.165) is 6.07 Å². The summed E-state index contributed by atoms with van der Waals surface area (Å²) in [4.78, 5) is 13.9. The smallest absolute Gasteiger partial charge is 0.238 e. The van der Waals surface area contributed by atoms with Gasteiger partial charge in [-0.1, -0.05) is 0 Å². The van der Waals surface area contributed by atoms with Crippen molar-refractivity contribution < 1.29 is 23.0 Å². The van der Waals surface area contributed by atoms with Gasteiger partial charge in [0.1, 0.15) is 28.5 Å². The molecule has 3 rings (SSSR count). The van der Waals surface area contributed by atoms with Crippen LogP contribution in [-0.4, -0.2) is 25.9 Å². The molecule has 1 heterocycles. The van der Waals surface area contributed by atoms with Crippen LogP contribution in [0.4, 0.5) is 14.5 Å². The summed E-state index contributed by atoms with van der Waals surface area (Å²) in [7, 11) is 3.02. The molecule has 2 aromatic rings. The molecule has 24 heavy (non-hydrogen) atoms. The van der Waals surface area contributed by atoms with Crippen LogP contribution in [0.5, 0.6) is 11.5 Å². The van der Waals surface area contributed by atoms with Gasteiger partial charge >= 0.3 is 0 Å². The molecule has 7 heteroatoms. The lowest BCUT2D eigenvalue weighted by Gasteiger charge is -2.26. The van der Waals surface area contributed by atoms with Gasteiger partial charge in [0, 0.05) is 12.1 Å². The third-order valence-corrected chi connectivity index (χ3v) is 4.90. The van der Waals surface area contributed by atoms with E-state index in [1.807, 2.05) is 0 Å². The summed E-state index contributed by atoms with van der Waals surface area (Å²) < 4.78 is 37.6. The first-order valence-corrected chi connectivity index (χ1v) is 8.20. The number of benzene rings is 2. The second-order valence-electron chi connectivity index (χ2n) is 5.17. The van der Waals surface area contributed by atoms with Crippen molar-refractivity contribution in [2.75, 3.05) is 24.9 Å². The lowest BCUT2D eigenvalue weighted by Crippen LogP contribution is -2.28. The van der Waals surface area contributed by atoms with Gasteiger partial charge in [-0.05, 0) is 29.8 Å². The first-order chi connectivity index (χ1) is 11.5. The number of carbonyl (C=O) groups is 1. The summed E-state index contributed by atoms with van der Waals surface area (Å²) in [5, 5.41) is -0.523. The van der Waals surface area contributed by atoms with Crippen molar-refractivity contribution in [2.45, 2.75) is 5.37 Å². The Morgan fingerprint density at radius 2 is 1.79 bits per heavy atom. The highest BCUT2D eigenvalue weighted by Gasteiger charge is 2.36. The standard InChI is InChI=1S/C17H15F2NO3S/c1-22-13-3-4-14(15(8-13)23-2)20-16(21)9-24-17(20)10-5-11(18)7-12(19)6-10/h3-8,17H,9H2,1-2H3. The van der Waals surface area contributed by atoms with Crippen LogP contribution >= 0.6 is 11.8 Å². The van der Waals surface area contributed by atoms with E-state index in [1.165, 1.54) is 43.0 Å². The van der Waals surface area contributed by atoms with Crippen molar-refractivity contribution >= 4 is 23.4 Å². The predicted octanol–water partition coefficient (Wildman–Crippen LogP) is 3.76. The van der Waals surface area contributed by atoms with Gasteiger partial charge in [0.15, 0.2) is 0 Å². The Morgan fingerprint density at radius 1 is 1.08 bits per heavy atom. The van der Waals surface area contributed by atoms with Crippen molar-refractivity contribution in [3.8, 4) is 11.5 Å². The van der Waals surface area contributed by atoms with E-state index in [-0.39, 0.29) is 11.7 Å². The third kappa shape index (κ3) is 3.03. The molecule has 2 aromatic carbocycles. The fourth-order valence-electron chi connectivity index (χ4n) is 2.63. The van der Waals surface area contributed by atoms with Crippen molar-refractivity contribution in [1.29, 1.82) is 0 Å². The molecule has 1 aliphatic heterocycles. The molecule has 0 radical (unpaired) electrons. The lowest BCUT2D eigenvalue weighted by molar-refractivity contribution is -0.115. The Bertz CT molecular complexity index is 764. The summed E-state index contributed by atoms with van der Waals surface area (Å²) in [6.07, 6.45) is 0. The fraction of sp³-hybridized carbons (Fsp3) is 0.235. The minimum Gasteiger partial charge on any atom is -0.497 e. The maximum atomic E-state index is 13.6. The topological polar surface area (TPSA) is 38.8 Å². The Morgan fingerprint density at radius 3 is 2.42 bits per heavy atom. The minimum absolute atomic E-state index is 0.155. The van der Waals surface area contributed by atoms with Crippen LogP contribution in [0.3, 0.4) is 0 Å². The highest BCUT2D eigenvalue weighted by Crippen LogP contribution is 2.45. The summed E-state index contributed by atoms with van der Waals surface area (Å²) in [6, 6.07) is 8.35. The van der Waals surface area contributed by atoms with Crippen LogP contribution in [0.25, 0.3) is 0 Å². The molecule has 0 spiro atoms. The van der Waals surface area contributed by atoms with Crippen molar-refractivity contribution in [2.24, 2.45) is 0 Å². The molecular weight excluding hydrogens is 336 g/mol. The van der Waals surface area contributed by atoms with Gasteiger partial charge in [-0.15, -0.1) is 11.8 Å². The molecule has 1 fully saturated rings. The highest BCUT2D eigenvalue weighted by atomic mass is 32.2. The van der Waals surface area contributed by atoms with Gasteiger partial charge < -0.3 is 9.47 Å². The zero-order chi connectivity index (χ0) is 17.3. The van der Waals surface area contributed by atoms with Gasteiger partial charge in [0.25, 0.3) is 0 Å². The Balaban J connectivity index is 2.05. The molecule has 1 unspecified atom stereocenters. The summed E-state index contributed by atoms with van der Waals surface area (Å²) in [5.41, 5.74) is 0.921. The molecule has 0 bridgehead atoms. The number of carbonyl (C=O) groups excluding carboxylic acids is 1. The van der Waals surface area contributed by atoms with Gasteiger partial charge in [-0.3, -0.25) is 9.69 Å². The molecule has 0 N–H and O–H groups in total. The average Bonchev–Trinajstić information content (AvgIpc) is 2.94. The zero-order valence-corrected chi connectivity index (χ0v) is 13.9. The largest absolute Gasteiger partial charge is 0.497 e. The highest BCUT2D eigenvalue weighted by molar-refractivity contribution is 8.00. The molecule has 1 atom stereocenters. The number of rotatable bonds is 4. The number of hydrogen-bond donors (Lipinski definition) is 0. The van der Waals surface area contributed by atoms with E-state index in [1.54, 1.807) is 18.2 Å². The molecule has 126 valence electrons. The maximum absolute atomic E-state index is 13.6. The summed E-state index contributed by atoms with van der Waals surface area (Å²) in [6.45, 7) is 0. The molecule has 1 amide bonds. The number of halogens is 2. The van der Waals surface area contributed by atoms with Gasteiger partial charge in [-0.2, -0.15) is 0 Å². The quantitative estimate of drug-likeness (QED) is 0.841.